The summed E-state index contributed by atoms with van der Waals surface area (Å²) in [7, 11) is 0. The summed E-state index contributed by atoms with van der Waals surface area (Å²) in [6, 6.07) is 1.54. The molecular weight excluding hydrogens is 278 g/mol. The monoisotopic (exact) mass is 285 g/mol. The zero-order chi connectivity index (χ0) is 13.1. The van der Waals surface area contributed by atoms with Gasteiger partial charge in [-0.2, -0.15) is 0 Å². The summed E-state index contributed by atoms with van der Waals surface area (Å²) < 4.78 is 5.20. The molecule has 9 heteroatoms. The number of hydrogen-bond donors (Lipinski definition) is 2. The van der Waals surface area contributed by atoms with Gasteiger partial charge in [-0.05, 0) is 17.8 Å². The van der Waals surface area contributed by atoms with E-state index in [1.807, 2.05) is 0 Å². The molecule has 2 aromatic heterocycles. The van der Waals surface area contributed by atoms with Gasteiger partial charge in [-0.3, -0.25) is 0 Å². The number of halogens is 1. The lowest BCUT2D eigenvalue weighted by Gasteiger charge is -2.04. The molecule has 0 fully saturated rings. The normalized spacial score (nSPS) is 11.8. The van der Waals surface area contributed by atoms with Crippen LogP contribution in [0.25, 0.3) is 0 Å². The highest BCUT2D eigenvalue weighted by atomic mass is 35.5. The standard InChI is InChI=1S/C9H8ClN5O2S/c1-4-13-14-9(17-4)18-8-6(10)5(2-3-12-8)7(11)15-16/h2-3,16H,1H3,(H2,11,15). The summed E-state index contributed by atoms with van der Waals surface area (Å²) >= 11 is 7.20. The molecule has 0 radical (unpaired) electrons. The summed E-state index contributed by atoms with van der Waals surface area (Å²) in [4.78, 5) is 4.07. The second kappa shape index (κ2) is 5.23. The van der Waals surface area contributed by atoms with Gasteiger partial charge in [0, 0.05) is 18.7 Å². The van der Waals surface area contributed by atoms with Crippen LogP contribution in [-0.2, 0) is 0 Å². The fourth-order valence-corrected chi connectivity index (χ4v) is 2.20. The molecule has 0 aromatic carbocycles. The molecule has 0 bridgehead atoms. The number of aromatic nitrogens is 3. The molecular formula is C9H8ClN5O2S. The predicted octanol–water partition coefficient (Wildman–Crippen LogP) is 1.67. The Hall–Kier alpha value is -1.80. The van der Waals surface area contributed by atoms with E-state index in [0.29, 0.717) is 21.7 Å². The first kappa shape index (κ1) is 12.7. The van der Waals surface area contributed by atoms with Crippen LogP contribution in [0.3, 0.4) is 0 Å². The summed E-state index contributed by atoms with van der Waals surface area (Å²) in [5.41, 5.74) is 5.87. The van der Waals surface area contributed by atoms with Crippen LogP contribution in [-0.4, -0.2) is 26.2 Å². The van der Waals surface area contributed by atoms with Gasteiger partial charge in [-0.1, -0.05) is 16.8 Å². The molecule has 0 unspecified atom stereocenters. The maximum Gasteiger partial charge on any atom is 0.282 e. The van der Waals surface area contributed by atoms with Gasteiger partial charge in [-0.25, -0.2) is 4.98 Å². The molecule has 0 aliphatic heterocycles. The van der Waals surface area contributed by atoms with E-state index >= 15 is 0 Å². The first-order valence-electron chi connectivity index (χ1n) is 4.72. The molecule has 94 valence electrons. The van der Waals surface area contributed by atoms with Crippen LogP contribution in [0.5, 0.6) is 0 Å². The fourth-order valence-electron chi connectivity index (χ4n) is 1.15. The number of oxime groups is 1. The molecule has 3 N–H and O–H groups in total. The van der Waals surface area contributed by atoms with Gasteiger partial charge in [-0.15, -0.1) is 10.2 Å². The van der Waals surface area contributed by atoms with Crippen LogP contribution < -0.4 is 5.73 Å². The van der Waals surface area contributed by atoms with E-state index in [2.05, 4.69) is 20.3 Å². The third kappa shape index (κ3) is 2.54. The van der Waals surface area contributed by atoms with Gasteiger partial charge in [0.05, 0.1) is 5.02 Å². The van der Waals surface area contributed by atoms with E-state index in [9.17, 15) is 0 Å². The Labute approximate surface area is 111 Å². The lowest BCUT2D eigenvalue weighted by atomic mass is 10.2. The van der Waals surface area contributed by atoms with Crippen molar-refractivity contribution in [3.63, 3.8) is 0 Å². The lowest BCUT2D eigenvalue weighted by molar-refractivity contribution is 0.318. The van der Waals surface area contributed by atoms with E-state index in [-0.39, 0.29) is 10.9 Å². The van der Waals surface area contributed by atoms with Crippen molar-refractivity contribution in [2.45, 2.75) is 17.2 Å². The van der Waals surface area contributed by atoms with Gasteiger partial charge >= 0.3 is 0 Å². The number of nitrogens with two attached hydrogens (primary N) is 1. The first-order valence-corrected chi connectivity index (χ1v) is 5.91. The largest absolute Gasteiger partial charge is 0.416 e. The number of nitrogens with zero attached hydrogens (tertiary/aromatic N) is 4. The second-order valence-corrected chi connectivity index (χ2v) is 4.47. The average Bonchev–Trinajstić information content (AvgIpc) is 2.76. The van der Waals surface area contributed by atoms with Gasteiger partial charge in [0.1, 0.15) is 5.03 Å². The van der Waals surface area contributed by atoms with Gasteiger partial charge in [0.2, 0.25) is 5.89 Å². The molecule has 0 atom stereocenters. The maximum atomic E-state index is 8.63. The van der Waals surface area contributed by atoms with Crippen molar-refractivity contribution in [3.05, 3.63) is 28.7 Å². The molecule has 0 amide bonds. The first-order chi connectivity index (χ1) is 8.61. The second-order valence-electron chi connectivity index (χ2n) is 3.15. The fraction of sp³-hybridized carbons (Fsp3) is 0.111. The molecule has 0 aliphatic carbocycles. The Balaban J connectivity index is 2.34. The van der Waals surface area contributed by atoms with E-state index in [4.69, 9.17) is 27.0 Å². The topological polar surface area (TPSA) is 110 Å². The van der Waals surface area contributed by atoms with E-state index in [0.717, 1.165) is 11.8 Å². The number of pyridine rings is 1. The Kier molecular flexibility index (Phi) is 3.68. The maximum absolute atomic E-state index is 8.63. The minimum atomic E-state index is -0.0917. The van der Waals surface area contributed by atoms with Crippen LogP contribution in [0.1, 0.15) is 11.5 Å². The molecule has 0 saturated carbocycles. The number of aryl methyl sites for hydroxylation is 1. The van der Waals surface area contributed by atoms with Crippen molar-refractivity contribution < 1.29 is 9.62 Å². The van der Waals surface area contributed by atoms with Crippen molar-refractivity contribution in [1.82, 2.24) is 15.2 Å². The number of amidine groups is 1. The molecule has 0 saturated heterocycles. The van der Waals surface area contributed by atoms with E-state index in [1.54, 1.807) is 13.0 Å². The highest BCUT2D eigenvalue weighted by Crippen LogP contribution is 2.32. The van der Waals surface area contributed by atoms with Gasteiger partial charge in [0.25, 0.3) is 5.22 Å². The zero-order valence-corrected chi connectivity index (χ0v) is 10.7. The smallest absolute Gasteiger partial charge is 0.282 e. The Morgan fingerprint density at radius 3 is 2.94 bits per heavy atom. The quantitative estimate of drug-likeness (QED) is 0.382. The van der Waals surface area contributed by atoms with Crippen LogP contribution in [0.4, 0.5) is 0 Å². The summed E-state index contributed by atoms with van der Waals surface area (Å²) in [5.74, 6) is 0.354. The zero-order valence-electron chi connectivity index (χ0n) is 9.16. The van der Waals surface area contributed by atoms with E-state index in [1.165, 1.54) is 6.20 Å². The Bertz CT molecular complexity index is 600. The Morgan fingerprint density at radius 2 is 2.33 bits per heavy atom. The van der Waals surface area contributed by atoms with Crippen molar-refractivity contribution >= 4 is 29.2 Å². The molecule has 2 rings (SSSR count). The molecule has 18 heavy (non-hydrogen) atoms. The third-order valence-corrected chi connectivity index (χ3v) is 3.27. The summed E-state index contributed by atoms with van der Waals surface area (Å²) in [5, 5.41) is 20.0. The van der Waals surface area contributed by atoms with Crippen molar-refractivity contribution in [3.8, 4) is 0 Å². The highest BCUT2D eigenvalue weighted by molar-refractivity contribution is 7.99. The molecule has 2 aromatic rings. The molecule has 0 aliphatic rings. The molecule has 7 nitrogen and oxygen atoms in total. The van der Waals surface area contributed by atoms with Crippen LogP contribution >= 0.6 is 23.4 Å². The molecule has 2 heterocycles. The minimum absolute atomic E-state index is 0.0917. The van der Waals surface area contributed by atoms with Gasteiger partial charge < -0.3 is 15.4 Å². The van der Waals surface area contributed by atoms with Crippen LogP contribution in [0.15, 0.2) is 32.1 Å². The SMILES string of the molecule is Cc1nnc(Sc2nccc(/C(N)=N/O)c2Cl)o1. The average molecular weight is 286 g/mol. The summed E-state index contributed by atoms with van der Waals surface area (Å²) in [6.07, 6.45) is 1.49. The number of hydrogen-bond acceptors (Lipinski definition) is 7. The minimum Gasteiger partial charge on any atom is -0.416 e. The van der Waals surface area contributed by atoms with Crippen LogP contribution in [0, 0.1) is 6.92 Å². The van der Waals surface area contributed by atoms with Gasteiger partial charge in [0.15, 0.2) is 5.84 Å². The van der Waals surface area contributed by atoms with Crippen molar-refractivity contribution in [1.29, 1.82) is 0 Å². The molecule has 0 spiro atoms. The third-order valence-electron chi connectivity index (χ3n) is 1.93. The number of rotatable bonds is 3. The van der Waals surface area contributed by atoms with Crippen molar-refractivity contribution in [2.75, 3.05) is 0 Å². The van der Waals surface area contributed by atoms with E-state index < -0.39 is 0 Å². The summed E-state index contributed by atoms with van der Waals surface area (Å²) in [6.45, 7) is 1.68. The van der Waals surface area contributed by atoms with Crippen LogP contribution in [0.2, 0.25) is 5.02 Å². The van der Waals surface area contributed by atoms with Crippen molar-refractivity contribution in [2.24, 2.45) is 10.9 Å². The Morgan fingerprint density at radius 1 is 1.56 bits per heavy atom. The predicted molar refractivity (Wildman–Crippen MR) is 64.9 cm³/mol. The highest BCUT2D eigenvalue weighted by Gasteiger charge is 2.14. The lowest BCUT2D eigenvalue weighted by Crippen LogP contribution is -2.14.